The number of carbonyl (C=O) groups excluding carboxylic acids is 2. The number of thioether (sulfide) groups is 3. The van der Waals surface area contributed by atoms with Gasteiger partial charge in [0.15, 0.2) is 10.8 Å². The normalized spacial score (nSPS) is 20.7. The number of rotatable bonds is 8. The second-order valence-corrected chi connectivity index (χ2v) is 11.6. The van der Waals surface area contributed by atoms with Crippen LogP contribution < -0.4 is 11.1 Å². The van der Waals surface area contributed by atoms with Crippen LogP contribution in [0.3, 0.4) is 0 Å². The minimum absolute atomic E-state index is 0.0749. The van der Waals surface area contributed by atoms with Crippen molar-refractivity contribution in [3.63, 3.8) is 0 Å². The number of nitrogens with one attached hydrogen (secondary N) is 1. The number of fused-ring (bicyclic) bond motifs is 1. The number of oxime groups is 1. The molecule has 168 valence electrons. The predicted octanol–water partition coefficient (Wildman–Crippen LogP) is 0.934. The Labute approximate surface area is 200 Å². The van der Waals surface area contributed by atoms with Crippen LogP contribution >= 0.6 is 58.2 Å². The topological polar surface area (TPSA) is 184 Å². The smallest absolute Gasteiger partial charge is 0.353 e. The molecule has 0 radical (unpaired) electrons. The summed E-state index contributed by atoms with van der Waals surface area (Å²) in [5.74, 6) is -2.21. The Hall–Kier alpha value is -2.34. The quantitative estimate of drug-likeness (QED) is 0.0945. The Bertz CT molecular complexity index is 1120. The molecule has 2 aliphatic rings. The molecule has 5 N–H and O–H groups in total. The molecule has 0 aliphatic carbocycles. The second kappa shape index (κ2) is 9.65. The van der Waals surface area contributed by atoms with Gasteiger partial charge in [-0.1, -0.05) is 9.64 Å². The molecule has 2 atom stereocenters. The molecular formula is C15H13N7O5S5. The maximum Gasteiger partial charge on any atom is 0.353 e. The van der Waals surface area contributed by atoms with Gasteiger partial charge in [-0.2, -0.15) is 0 Å². The first kappa shape index (κ1) is 22.8. The molecule has 0 saturated carbocycles. The van der Waals surface area contributed by atoms with Crippen LogP contribution in [0.25, 0.3) is 0 Å². The summed E-state index contributed by atoms with van der Waals surface area (Å²) < 4.78 is 4.68. The zero-order valence-electron chi connectivity index (χ0n) is 15.7. The van der Waals surface area contributed by atoms with Gasteiger partial charge in [0, 0.05) is 21.1 Å². The number of amides is 2. The number of nitrogens with two attached hydrogens (primary N) is 1. The number of β-lactam (4-membered cyclic amide) rings is 1. The van der Waals surface area contributed by atoms with Crippen LogP contribution in [0, 0.1) is 0 Å². The number of anilines is 1. The highest BCUT2D eigenvalue weighted by Crippen LogP contribution is 2.44. The van der Waals surface area contributed by atoms with Gasteiger partial charge in [0.05, 0.1) is 6.20 Å². The average Bonchev–Trinajstić information content (AvgIpc) is 3.44. The van der Waals surface area contributed by atoms with Gasteiger partial charge in [-0.25, -0.2) is 9.78 Å². The molecule has 2 aliphatic heterocycles. The van der Waals surface area contributed by atoms with Gasteiger partial charge in [-0.15, -0.1) is 51.7 Å². The Morgan fingerprint density at radius 1 is 1.41 bits per heavy atom. The third kappa shape index (κ3) is 4.42. The monoisotopic (exact) mass is 531 g/mol. The van der Waals surface area contributed by atoms with Crippen LogP contribution in [0.15, 0.2) is 31.5 Å². The third-order valence-electron chi connectivity index (χ3n) is 4.28. The average molecular weight is 532 g/mol. The summed E-state index contributed by atoms with van der Waals surface area (Å²) in [7, 11) is 0. The summed E-state index contributed by atoms with van der Waals surface area (Å²) in [5.41, 5.74) is 5.15. The fraction of sp³-hybridized carbons (Fsp3) is 0.267. The fourth-order valence-electron chi connectivity index (χ4n) is 2.90. The molecular weight excluding hydrogens is 519 g/mol. The molecule has 32 heavy (non-hydrogen) atoms. The number of aromatic nitrogens is 3. The zero-order valence-corrected chi connectivity index (χ0v) is 19.8. The number of carbonyl (C=O) groups is 3. The molecule has 17 heteroatoms. The minimum Gasteiger partial charge on any atom is -0.477 e. The van der Waals surface area contributed by atoms with Gasteiger partial charge in [-0.3, -0.25) is 14.5 Å². The van der Waals surface area contributed by atoms with Gasteiger partial charge in [0.25, 0.3) is 11.8 Å². The SMILES string of the molecule is Nc1nc(/C(=N/O)C(=O)N[C@@H]2C(=O)N3C(C(=O)O)=C(SCSc4cnns4)CS[C@H]23)cs1. The van der Waals surface area contributed by atoms with Crippen LogP contribution in [0.5, 0.6) is 0 Å². The molecule has 2 amide bonds. The number of hydrogen-bond donors (Lipinski definition) is 4. The van der Waals surface area contributed by atoms with Crippen molar-refractivity contribution in [2.75, 3.05) is 16.6 Å². The summed E-state index contributed by atoms with van der Waals surface area (Å²) in [6.45, 7) is 0. The van der Waals surface area contributed by atoms with E-state index in [1.165, 1.54) is 57.1 Å². The molecule has 1 fully saturated rings. The van der Waals surface area contributed by atoms with E-state index in [-0.39, 0.29) is 22.2 Å². The largest absolute Gasteiger partial charge is 0.477 e. The van der Waals surface area contributed by atoms with E-state index in [2.05, 4.69) is 25.0 Å². The second-order valence-electron chi connectivity index (χ2n) is 6.10. The zero-order chi connectivity index (χ0) is 22.8. The van der Waals surface area contributed by atoms with Crippen LogP contribution in [0.1, 0.15) is 5.69 Å². The highest BCUT2D eigenvalue weighted by molar-refractivity contribution is 8.19. The van der Waals surface area contributed by atoms with Crippen molar-refractivity contribution in [2.45, 2.75) is 15.6 Å². The standard InChI is InChI=1S/C15H13N7O5S5/c16-15-18-5(2-29-15)8(20-27)11(23)19-9-12(24)22-10(14(25)26)6(3-28-13(9)22)30-4-31-7-1-17-21-32-7/h1-2,9,13,27H,3-4H2,(H2,16,18)(H,19,23)(H,25,26)/b20-8-/t9-,13-/m1/s1. The van der Waals surface area contributed by atoms with Gasteiger partial charge in [0.2, 0.25) is 0 Å². The van der Waals surface area contributed by atoms with Crippen LogP contribution in [-0.2, 0) is 14.4 Å². The van der Waals surface area contributed by atoms with E-state index in [0.29, 0.717) is 15.7 Å². The lowest BCUT2D eigenvalue weighted by atomic mass is 10.0. The van der Waals surface area contributed by atoms with Crippen molar-refractivity contribution in [3.05, 3.63) is 27.9 Å². The maximum absolute atomic E-state index is 12.7. The van der Waals surface area contributed by atoms with E-state index < -0.39 is 29.2 Å². The van der Waals surface area contributed by atoms with Crippen LogP contribution in [0.4, 0.5) is 5.13 Å². The molecule has 0 unspecified atom stereocenters. The molecule has 0 bridgehead atoms. The fourth-order valence-corrected chi connectivity index (χ4v) is 7.91. The van der Waals surface area contributed by atoms with E-state index in [1.54, 1.807) is 6.20 Å². The van der Waals surface area contributed by atoms with Crippen LogP contribution in [0.2, 0.25) is 0 Å². The number of carboxylic acids is 1. The van der Waals surface area contributed by atoms with Gasteiger partial charge in [-0.05, 0) is 11.5 Å². The Morgan fingerprint density at radius 3 is 2.84 bits per heavy atom. The van der Waals surface area contributed by atoms with Gasteiger partial charge >= 0.3 is 5.97 Å². The van der Waals surface area contributed by atoms with E-state index in [0.717, 1.165) is 15.5 Å². The van der Waals surface area contributed by atoms with Crippen molar-refractivity contribution in [2.24, 2.45) is 5.16 Å². The highest BCUT2D eigenvalue weighted by atomic mass is 32.2. The van der Waals surface area contributed by atoms with Crippen molar-refractivity contribution >= 4 is 86.8 Å². The third-order valence-corrected chi connectivity index (χ3v) is 9.47. The summed E-state index contributed by atoms with van der Waals surface area (Å²) in [6.07, 6.45) is 1.63. The maximum atomic E-state index is 12.7. The number of hydrogen-bond acceptors (Lipinski definition) is 14. The summed E-state index contributed by atoms with van der Waals surface area (Å²) in [4.78, 5) is 42.8. The molecule has 12 nitrogen and oxygen atoms in total. The molecule has 1 saturated heterocycles. The van der Waals surface area contributed by atoms with Gasteiger partial charge < -0.3 is 21.4 Å². The first-order chi connectivity index (χ1) is 15.4. The molecule has 0 aromatic carbocycles. The Balaban J connectivity index is 1.44. The number of thiazole rings is 1. The lowest BCUT2D eigenvalue weighted by Crippen LogP contribution is -2.71. The number of nitrogens with zero attached hydrogens (tertiary/aromatic N) is 5. The van der Waals surface area contributed by atoms with Gasteiger partial charge in [0.1, 0.15) is 27.0 Å². The van der Waals surface area contributed by atoms with E-state index in [1.807, 2.05) is 0 Å². The minimum atomic E-state index is -1.21. The molecule has 4 rings (SSSR count). The van der Waals surface area contributed by atoms with E-state index >= 15 is 0 Å². The van der Waals surface area contributed by atoms with E-state index in [4.69, 9.17) is 5.73 Å². The predicted molar refractivity (Wildman–Crippen MR) is 123 cm³/mol. The number of aliphatic carboxylic acids is 1. The molecule has 0 spiro atoms. The van der Waals surface area contributed by atoms with Crippen molar-refractivity contribution in [3.8, 4) is 0 Å². The van der Waals surface area contributed by atoms with Crippen LogP contribution in [-0.4, -0.2) is 75.5 Å². The molecule has 4 heterocycles. The molecule has 2 aromatic rings. The van der Waals surface area contributed by atoms with Crippen molar-refractivity contribution in [1.29, 1.82) is 0 Å². The summed E-state index contributed by atoms with van der Waals surface area (Å²) >= 11 is 6.47. The number of nitrogen functional groups attached to an aromatic ring is 1. The number of carboxylic acid groups (broad SMARTS) is 1. The summed E-state index contributed by atoms with van der Waals surface area (Å²) in [6, 6.07) is -0.959. The first-order valence-corrected chi connectivity index (χ1v) is 13.3. The van der Waals surface area contributed by atoms with Crippen molar-refractivity contribution in [1.82, 2.24) is 24.8 Å². The molecule has 2 aromatic heterocycles. The lowest BCUT2D eigenvalue weighted by Gasteiger charge is -2.49. The Kier molecular flexibility index (Phi) is 6.89. The van der Waals surface area contributed by atoms with E-state index in [9.17, 15) is 24.7 Å². The lowest BCUT2D eigenvalue weighted by molar-refractivity contribution is -0.150. The highest BCUT2D eigenvalue weighted by Gasteiger charge is 2.54. The van der Waals surface area contributed by atoms with Crippen molar-refractivity contribution < 1.29 is 24.7 Å². The Morgan fingerprint density at radius 2 is 2.22 bits per heavy atom. The first-order valence-electron chi connectivity index (χ1n) is 8.59. The summed E-state index contributed by atoms with van der Waals surface area (Å²) in [5, 5.41) is 29.7.